The van der Waals surface area contributed by atoms with Crippen molar-refractivity contribution >= 4 is 0 Å². The summed E-state index contributed by atoms with van der Waals surface area (Å²) in [5.74, 6) is -1.31. The van der Waals surface area contributed by atoms with Gasteiger partial charge in [0.1, 0.15) is 30.1 Å². The number of halogens is 2. The second kappa shape index (κ2) is 8.15. The van der Waals surface area contributed by atoms with Crippen molar-refractivity contribution in [3.8, 4) is 28.8 Å². The maximum Gasteiger partial charge on any atom is 0.254 e. The van der Waals surface area contributed by atoms with Gasteiger partial charge in [0, 0.05) is 11.6 Å². The van der Waals surface area contributed by atoms with Gasteiger partial charge in [-0.05, 0) is 12.1 Å². The number of hydrogen-bond acceptors (Lipinski definition) is 7. The van der Waals surface area contributed by atoms with Gasteiger partial charge in [0.25, 0.3) is 5.88 Å². The van der Waals surface area contributed by atoms with E-state index < -0.39 is 5.82 Å². The van der Waals surface area contributed by atoms with Gasteiger partial charge in [0.2, 0.25) is 5.82 Å². The zero-order chi connectivity index (χ0) is 20.2. The lowest BCUT2D eigenvalue weighted by Gasteiger charge is -2.07. The Hall–Kier alpha value is -3.66. The Morgan fingerprint density at radius 2 is 1.97 bits per heavy atom. The first-order valence-corrected chi connectivity index (χ1v) is 8.64. The molecule has 0 spiro atoms. The molecule has 8 nitrogen and oxygen atoms in total. The standard InChI is InChI=1S/C19H15F2N5O3/c20-13-4-2-1-3-12(13)11-26-17(15-5-7-29-25-15)9-16(24-26)18-22-10-14(21)19(23-18)28-8-6-27/h1-5,7,9-10,27H,6,8,11H2. The van der Waals surface area contributed by atoms with Crippen LogP contribution in [0.1, 0.15) is 5.56 Å². The van der Waals surface area contributed by atoms with Gasteiger partial charge in [0.15, 0.2) is 5.82 Å². The van der Waals surface area contributed by atoms with Gasteiger partial charge >= 0.3 is 0 Å². The van der Waals surface area contributed by atoms with Gasteiger partial charge in [-0.2, -0.15) is 14.5 Å². The molecule has 4 rings (SSSR count). The molecule has 0 aliphatic carbocycles. The number of aliphatic hydroxyl groups is 1. The molecule has 1 N–H and O–H groups in total. The Morgan fingerprint density at radius 3 is 2.72 bits per heavy atom. The summed E-state index contributed by atoms with van der Waals surface area (Å²) in [6.07, 6.45) is 2.37. The average Bonchev–Trinajstić information content (AvgIpc) is 3.39. The van der Waals surface area contributed by atoms with Gasteiger partial charge in [-0.1, -0.05) is 23.4 Å². The van der Waals surface area contributed by atoms with Crippen LogP contribution in [0.2, 0.25) is 0 Å². The lowest BCUT2D eigenvalue weighted by atomic mass is 10.2. The van der Waals surface area contributed by atoms with E-state index in [-0.39, 0.29) is 37.3 Å². The van der Waals surface area contributed by atoms with Gasteiger partial charge in [-0.3, -0.25) is 4.68 Å². The Balaban J connectivity index is 1.75. The summed E-state index contributed by atoms with van der Waals surface area (Å²) in [5.41, 5.74) is 1.77. The van der Waals surface area contributed by atoms with Crippen molar-refractivity contribution in [3.63, 3.8) is 0 Å². The van der Waals surface area contributed by atoms with Gasteiger partial charge in [-0.15, -0.1) is 0 Å². The van der Waals surface area contributed by atoms with E-state index >= 15 is 0 Å². The molecule has 0 saturated carbocycles. The van der Waals surface area contributed by atoms with E-state index in [9.17, 15) is 8.78 Å². The molecule has 0 atom stereocenters. The maximum absolute atomic E-state index is 14.1. The number of rotatable bonds is 7. The van der Waals surface area contributed by atoms with Crippen LogP contribution in [0.25, 0.3) is 22.9 Å². The summed E-state index contributed by atoms with van der Waals surface area (Å²) in [6.45, 7) is -0.268. The number of hydrogen-bond donors (Lipinski definition) is 1. The van der Waals surface area contributed by atoms with Crippen LogP contribution in [0.15, 0.2) is 53.4 Å². The van der Waals surface area contributed by atoms with E-state index in [4.69, 9.17) is 14.4 Å². The van der Waals surface area contributed by atoms with Gasteiger partial charge < -0.3 is 14.4 Å². The van der Waals surface area contributed by atoms with Crippen LogP contribution in [0.3, 0.4) is 0 Å². The smallest absolute Gasteiger partial charge is 0.254 e. The van der Waals surface area contributed by atoms with Crippen LogP contribution < -0.4 is 4.74 Å². The first-order chi connectivity index (χ1) is 14.2. The molecule has 148 valence electrons. The number of ether oxygens (including phenoxy) is 1. The third kappa shape index (κ3) is 3.97. The molecular weight excluding hydrogens is 384 g/mol. The van der Waals surface area contributed by atoms with Crippen molar-refractivity contribution in [3.05, 3.63) is 66.1 Å². The second-order valence-electron chi connectivity index (χ2n) is 5.97. The van der Waals surface area contributed by atoms with E-state index in [1.165, 1.54) is 17.0 Å². The van der Waals surface area contributed by atoms with Crippen molar-refractivity contribution in [1.29, 1.82) is 0 Å². The normalized spacial score (nSPS) is 11.0. The highest BCUT2D eigenvalue weighted by Gasteiger charge is 2.18. The van der Waals surface area contributed by atoms with E-state index in [0.717, 1.165) is 6.20 Å². The van der Waals surface area contributed by atoms with Crippen LogP contribution >= 0.6 is 0 Å². The molecule has 10 heteroatoms. The Bertz CT molecular complexity index is 1110. The first-order valence-electron chi connectivity index (χ1n) is 8.64. The highest BCUT2D eigenvalue weighted by atomic mass is 19.1. The molecule has 0 fully saturated rings. The molecule has 4 aromatic rings. The lowest BCUT2D eigenvalue weighted by Crippen LogP contribution is -2.07. The van der Waals surface area contributed by atoms with E-state index in [1.807, 2.05) is 0 Å². The second-order valence-corrected chi connectivity index (χ2v) is 5.97. The molecule has 0 amide bonds. The number of nitrogens with zero attached hydrogens (tertiary/aromatic N) is 5. The van der Waals surface area contributed by atoms with Crippen LogP contribution in [-0.2, 0) is 6.54 Å². The minimum atomic E-state index is -0.760. The quantitative estimate of drug-likeness (QED) is 0.510. The van der Waals surface area contributed by atoms with E-state index in [2.05, 4.69) is 20.2 Å². The highest BCUT2D eigenvalue weighted by Crippen LogP contribution is 2.26. The van der Waals surface area contributed by atoms with Gasteiger partial charge in [-0.25, -0.2) is 9.37 Å². The van der Waals surface area contributed by atoms with E-state index in [0.29, 0.717) is 22.6 Å². The molecule has 0 aliphatic rings. The van der Waals surface area contributed by atoms with Crippen LogP contribution in [0.4, 0.5) is 8.78 Å². The maximum atomic E-state index is 14.1. The minimum absolute atomic E-state index is 0.108. The zero-order valence-corrected chi connectivity index (χ0v) is 15.0. The lowest BCUT2D eigenvalue weighted by molar-refractivity contribution is 0.191. The third-order valence-electron chi connectivity index (χ3n) is 4.03. The van der Waals surface area contributed by atoms with Crippen molar-refractivity contribution in [2.24, 2.45) is 0 Å². The summed E-state index contributed by atoms with van der Waals surface area (Å²) in [5, 5.41) is 17.2. The molecule has 3 heterocycles. The van der Waals surface area contributed by atoms with Crippen molar-refractivity contribution in [2.45, 2.75) is 6.54 Å². The largest absolute Gasteiger partial charge is 0.473 e. The molecule has 0 bridgehead atoms. The molecule has 0 saturated heterocycles. The topological polar surface area (TPSA) is 99.1 Å². The van der Waals surface area contributed by atoms with Crippen molar-refractivity contribution in [2.75, 3.05) is 13.2 Å². The van der Waals surface area contributed by atoms with Crippen LogP contribution in [0, 0.1) is 11.6 Å². The molecule has 29 heavy (non-hydrogen) atoms. The molecule has 0 aliphatic heterocycles. The number of aliphatic hydroxyl groups excluding tert-OH is 1. The first kappa shape index (κ1) is 18.7. The fourth-order valence-corrected chi connectivity index (χ4v) is 2.70. The summed E-state index contributed by atoms with van der Waals surface area (Å²) in [7, 11) is 0. The van der Waals surface area contributed by atoms with Crippen LogP contribution in [-0.4, -0.2) is 43.2 Å². The van der Waals surface area contributed by atoms with Crippen molar-refractivity contribution < 1.29 is 23.1 Å². The number of aromatic nitrogens is 5. The Kier molecular flexibility index (Phi) is 5.25. The minimum Gasteiger partial charge on any atom is -0.473 e. The van der Waals surface area contributed by atoms with Gasteiger partial charge in [0.05, 0.1) is 25.0 Å². The molecule has 0 unspecified atom stereocenters. The SMILES string of the molecule is OCCOc1nc(-c2cc(-c3ccon3)n(Cc3ccccc3F)n2)ncc1F. The monoisotopic (exact) mass is 399 g/mol. The summed E-state index contributed by atoms with van der Waals surface area (Å²) >= 11 is 0. The molecule has 0 radical (unpaired) electrons. The number of benzene rings is 1. The van der Waals surface area contributed by atoms with E-state index in [1.54, 1.807) is 30.3 Å². The zero-order valence-electron chi connectivity index (χ0n) is 15.0. The Morgan fingerprint density at radius 1 is 1.10 bits per heavy atom. The average molecular weight is 399 g/mol. The predicted octanol–water partition coefficient (Wildman–Crippen LogP) is 2.69. The fourth-order valence-electron chi connectivity index (χ4n) is 2.70. The molecule has 1 aromatic carbocycles. The highest BCUT2D eigenvalue weighted by molar-refractivity contribution is 5.62. The predicted molar refractivity (Wildman–Crippen MR) is 96.8 cm³/mol. The summed E-state index contributed by atoms with van der Waals surface area (Å²) < 4.78 is 39.5. The fraction of sp³-hybridized carbons (Fsp3) is 0.158. The Labute approximate surface area is 163 Å². The summed E-state index contributed by atoms with van der Waals surface area (Å²) in [6, 6.07) is 9.63. The van der Waals surface area contributed by atoms with Crippen LogP contribution in [0.5, 0.6) is 5.88 Å². The van der Waals surface area contributed by atoms with Crippen molar-refractivity contribution in [1.82, 2.24) is 24.9 Å². The third-order valence-corrected chi connectivity index (χ3v) is 4.03. The summed E-state index contributed by atoms with van der Waals surface area (Å²) in [4.78, 5) is 7.98. The molecule has 3 aromatic heterocycles. The molecular formula is C19H15F2N5O3.